The van der Waals surface area contributed by atoms with E-state index in [0.717, 1.165) is 73.1 Å². The maximum Gasteiger partial charge on any atom is 0.164 e. The zero-order chi connectivity index (χ0) is 37.7. The van der Waals surface area contributed by atoms with E-state index in [1.165, 1.54) is 11.0 Å². The first-order chi connectivity index (χ1) is 28.2. The van der Waals surface area contributed by atoms with E-state index >= 15 is 0 Å². The molecule has 57 heavy (non-hydrogen) atoms. The van der Waals surface area contributed by atoms with Crippen LogP contribution in [0.15, 0.2) is 194 Å². The first-order valence-electron chi connectivity index (χ1n) is 19.3. The van der Waals surface area contributed by atoms with E-state index in [-0.39, 0.29) is 0 Å². The number of rotatable bonds is 6. The first-order valence-corrected chi connectivity index (χ1v) is 19.3. The lowest BCUT2D eigenvalue weighted by Gasteiger charge is -2.20. The van der Waals surface area contributed by atoms with Crippen LogP contribution in [0.3, 0.4) is 0 Å². The van der Waals surface area contributed by atoms with Crippen molar-refractivity contribution >= 4 is 32.8 Å². The van der Waals surface area contributed by atoms with Crippen molar-refractivity contribution in [2.75, 3.05) is 0 Å². The standard InChI is InChI=1S/C51H34N6/c1-3-15-35(16-4-1)45-43-21-11-12-22-44(43)51-56-47(36-17-5-2-6-18-36)55-50(57(45)51)38-27-25-37(26-28-38)46-52-48(41-29-23-33-13-7-9-19-39(33)31-41)54-49(53-46)42-30-24-34-14-8-10-20-40(34)32-42/h1-23,25-32,34H,24H2. The molecule has 0 fully saturated rings. The fourth-order valence-corrected chi connectivity index (χ4v) is 8.09. The third kappa shape index (κ3) is 5.86. The third-order valence-electron chi connectivity index (χ3n) is 11.0. The van der Waals surface area contributed by atoms with E-state index in [4.69, 9.17) is 24.9 Å². The highest BCUT2D eigenvalue weighted by Crippen LogP contribution is 2.38. The highest BCUT2D eigenvalue weighted by molar-refractivity contribution is 6.06. The summed E-state index contributed by atoms with van der Waals surface area (Å²) < 4.78 is 2.21. The number of hydrogen-bond donors (Lipinski definition) is 0. The lowest BCUT2D eigenvalue weighted by atomic mass is 9.85. The van der Waals surface area contributed by atoms with Crippen LogP contribution in [-0.4, -0.2) is 29.3 Å². The Kier molecular flexibility index (Phi) is 7.84. The maximum atomic E-state index is 5.30. The van der Waals surface area contributed by atoms with Crippen LogP contribution >= 0.6 is 0 Å². The Labute approximate surface area is 329 Å². The average molecular weight is 731 g/mol. The molecule has 1 unspecified atom stereocenters. The lowest BCUT2D eigenvalue weighted by Crippen LogP contribution is -2.08. The topological polar surface area (TPSA) is 68.9 Å². The van der Waals surface area contributed by atoms with Crippen LogP contribution in [0.2, 0.25) is 0 Å². The van der Waals surface area contributed by atoms with Crippen LogP contribution in [0.1, 0.15) is 12.2 Å². The summed E-state index contributed by atoms with van der Waals surface area (Å²) in [7, 11) is 0. The van der Waals surface area contributed by atoms with Crippen molar-refractivity contribution in [3.8, 4) is 56.8 Å². The molecule has 0 amide bonds. The maximum absolute atomic E-state index is 5.30. The van der Waals surface area contributed by atoms with Crippen LogP contribution < -0.4 is 0 Å². The van der Waals surface area contributed by atoms with Crippen molar-refractivity contribution in [2.24, 2.45) is 5.92 Å². The average Bonchev–Trinajstić information content (AvgIpc) is 3.63. The van der Waals surface area contributed by atoms with Gasteiger partial charge in [-0.2, -0.15) is 0 Å². The summed E-state index contributed by atoms with van der Waals surface area (Å²) in [6, 6.07) is 52.4. The Morgan fingerprint density at radius 1 is 0.474 bits per heavy atom. The second-order valence-electron chi connectivity index (χ2n) is 14.5. The summed E-state index contributed by atoms with van der Waals surface area (Å²) in [5.74, 6) is 3.78. The van der Waals surface area contributed by atoms with Crippen molar-refractivity contribution in [3.63, 3.8) is 0 Å². The summed E-state index contributed by atoms with van der Waals surface area (Å²) in [5, 5.41) is 4.51. The minimum absolute atomic E-state index is 0.378. The Morgan fingerprint density at radius 2 is 1.09 bits per heavy atom. The number of nitrogens with zero attached hydrogens (tertiary/aromatic N) is 6. The van der Waals surface area contributed by atoms with E-state index < -0.39 is 0 Å². The summed E-state index contributed by atoms with van der Waals surface area (Å²) in [5.41, 5.74) is 9.04. The molecule has 0 radical (unpaired) electrons. The molecule has 6 nitrogen and oxygen atoms in total. The summed E-state index contributed by atoms with van der Waals surface area (Å²) >= 11 is 0. The normalized spacial score (nSPS) is 14.8. The zero-order valence-corrected chi connectivity index (χ0v) is 30.9. The first kappa shape index (κ1) is 32.8. The number of benzene rings is 6. The molecule has 0 saturated heterocycles. The Balaban J connectivity index is 1.08. The van der Waals surface area contributed by atoms with Gasteiger partial charge in [0.15, 0.2) is 23.3 Å². The van der Waals surface area contributed by atoms with Crippen molar-refractivity contribution < 1.29 is 0 Å². The molecule has 0 N–H and O–H groups in total. The Hall–Kier alpha value is -7.57. The van der Waals surface area contributed by atoms with E-state index in [0.29, 0.717) is 29.2 Å². The molecule has 3 aromatic heterocycles. The summed E-state index contributed by atoms with van der Waals surface area (Å²) in [6.45, 7) is 0. The minimum atomic E-state index is 0.378. The van der Waals surface area contributed by atoms with Gasteiger partial charge >= 0.3 is 0 Å². The molecule has 3 heterocycles. The lowest BCUT2D eigenvalue weighted by molar-refractivity contribution is 0.781. The van der Waals surface area contributed by atoms with E-state index in [1.54, 1.807) is 0 Å². The van der Waals surface area contributed by atoms with Crippen LogP contribution in [0, 0.1) is 5.92 Å². The quantitative estimate of drug-likeness (QED) is 0.170. The van der Waals surface area contributed by atoms with Gasteiger partial charge in [0.2, 0.25) is 0 Å². The van der Waals surface area contributed by atoms with Crippen LogP contribution in [0.25, 0.3) is 89.6 Å². The van der Waals surface area contributed by atoms with Crippen LogP contribution in [-0.2, 0) is 0 Å². The van der Waals surface area contributed by atoms with Gasteiger partial charge in [-0.05, 0) is 40.5 Å². The van der Waals surface area contributed by atoms with Gasteiger partial charge in [-0.25, -0.2) is 24.9 Å². The van der Waals surface area contributed by atoms with Crippen LogP contribution in [0.4, 0.5) is 0 Å². The highest BCUT2D eigenvalue weighted by Gasteiger charge is 2.22. The molecule has 0 aliphatic heterocycles. The molecule has 0 spiro atoms. The van der Waals surface area contributed by atoms with E-state index in [2.05, 4.69) is 168 Å². The van der Waals surface area contributed by atoms with Crippen molar-refractivity contribution in [2.45, 2.75) is 6.42 Å². The monoisotopic (exact) mass is 730 g/mol. The van der Waals surface area contributed by atoms with Crippen molar-refractivity contribution in [1.29, 1.82) is 0 Å². The summed E-state index contributed by atoms with van der Waals surface area (Å²) in [4.78, 5) is 25.9. The zero-order valence-electron chi connectivity index (χ0n) is 30.9. The fraction of sp³-hybridized carbons (Fsp3) is 0.0392. The number of allylic oxidation sites excluding steroid dienone is 8. The highest BCUT2D eigenvalue weighted by atomic mass is 15.1. The molecule has 2 aliphatic carbocycles. The molecule has 268 valence electrons. The van der Waals surface area contributed by atoms with E-state index in [9.17, 15) is 0 Å². The number of fused-ring (bicyclic) bond motifs is 5. The van der Waals surface area contributed by atoms with Crippen molar-refractivity contribution in [3.05, 3.63) is 200 Å². The van der Waals surface area contributed by atoms with Gasteiger partial charge in [0.25, 0.3) is 0 Å². The summed E-state index contributed by atoms with van der Waals surface area (Å²) in [6.07, 6.45) is 14.0. The van der Waals surface area contributed by atoms with Crippen molar-refractivity contribution in [1.82, 2.24) is 29.3 Å². The largest absolute Gasteiger partial charge is 0.277 e. The Morgan fingerprint density at radius 3 is 1.89 bits per heavy atom. The molecular formula is C51H34N6. The van der Waals surface area contributed by atoms with Gasteiger partial charge in [0, 0.05) is 44.5 Å². The second kappa shape index (κ2) is 13.6. The Bertz CT molecular complexity index is 3140. The van der Waals surface area contributed by atoms with Gasteiger partial charge in [-0.15, -0.1) is 0 Å². The predicted octanol–water partition coefficient (Wildman–Crippen LogP) is 12.0. The van der Waals surface area contributed by atoms with Gasteiger partial charge in [0.05, 0.1) is 5.69 Å². The number of hydrogen-bond acceptors (Lipinski definition) is 5. The SMILES string of the molecule is C1=CC2=CC(c3nc(-c4ccc(-c5nc(-c6ccccc6)nc6c7ccccc7c(-c7ccccc7)n56)cc4)nc(-c4ccc5ccccc5c4)n3)=CCC2C=C1. The number of aromatic nitrogens is 6. The van der Waals surface area contributed by atoms with Gasteiger partial charge < -0.3 is 0 Å². The molecular weight excluding hydrogens is 697 g/mol. The third-order valence-corrected chi connectivity index (χ3v) is 11.0. The minimum Gasteiger partial charge on any atom is -0.277 e. The second-order valence-corrected chi connectivity index (χ2v) is 14.5. The van der Waals surface area contributed by atoms with Gasteiger partial charge in [-0.1, -0.05) is 176 Å². The molecule has 2 aliphatic rings. The molecule has 0 bridgehead atoms. The molecule has 11 rings (SSSR count). The smallest absolute Gasteiger partial charge is 0.164 e. The molecule has 6 aromatic carbocycles. The van der Waals surface area contributed by atoms with E-state index in [1.807, 2.05) is 24.3 Å². The van der Waals surface area contributed by atoms with Crippen LogP contribution in [0.5, 0.6) is 0 Å². The fourth-order valence-electron chi connectivity index (χ4n) is 8.09. The van der Waals surface area contributed by atoms with Gasteiger partial charge in [-0.3, -0.25) is 4.40 Å². The molecule has 1 atom stereocenters. The molecule has 9 aromatic rings. The predicted molar refractivity (Wildman–Crippen MR) is 231 cm³/mol. The molecule has 6 heteroatoms. The molecule has 0 saturated carbocycles. The van der Waals surface area contributed by atoms with Gasteiger partial charge in [0.1, 0.15) is 11.5 Å².